The zero-order valence-electron chi connectivity index (χ0n) is 13.6. The van der Waals surface area contributed by atoms with E-state index in [2.05, 4.69) is 21.2 Å². The third-order valence-electron chi connectivity index (χ3n) is 4.17. The number of anilines is 1. The molecule has 0 radical (unpaired) electrons. The van der Waals surface area contributed by atoms with Gasteiger partial charge in [-0.15, -0.1) is 0 Å². The molecule has 1 aliphatic rings. The number of nitrogens with zero attached hydrogens (tertiary/aromatic N) is 1. The van der Waals surface area contributed by atoms with Crippen LogP contribution < -0.4 is 5.32 Å². The van der Waals surface area contributed by atoms with Crippen molar-refractivity contribution in [3.05, 3.63) is 58.6 Å². The van der Waals surface area contributed by atoms with Gasteiger partial charge in [0.25, 0.3) is 5.91 Å². The number of rotatable bonds is 4. The molecule has 0 saturated carbocycles. The number of benzene rings is 2. The lowest BCUT2D eigenvalue weighted by Gasteiger charge is -2.26. The molecule has 1 saturated heterocycles. The molecule has 1 amide bonds. The number of piperidine rings is 1. The molecule has 2 aromatic carbocycles. The summed E-state index contributed by atoms with van der Waals surface area (Å²) < 4.78 is 27.8. The smallest absolute Gasteiger partial charge is 0.255 e. The molecule has 0 aromatic heterocycles. The zero-order valence-corrected chi connectivity index (χ0v) is 16.0. The van der Waals surface area contributed by atoms with E-state index < -0.39 is 10.0 Å². The van der Waals surface area contributed by atoms with Crippen molar-refractivity contribution < 1.29 is 13.2 Å². The summed E-state index contributed by atoms with van der Waals surface area (Å²) in [7, 11) is -3.56. The lowest BCUT2D eigenvalue weighted by molar-refractivity contribution is 0.102. The third-order valence-corrected chi connectivity index (χ3v) is 6.76. The van der Waals surface area contributed by atoms with Crippen molar-refractivity contribution in [2.45, 2.75) is 24.2 Å². The van der Waals surface area contributed by atoms with Crippen molar-refractivity contribution in [2.24, 2.45) is 0 Å². The van der Waals surface area contributed by atoms with E-state index in [4.69, 9.17) is 0 Å². The summed E-state index contributed by atoms with van der Waals surface area (Å²) in [5.74, 6) is -0.345. The minimum absolute atomic E-state index is 0.161. The van der Waals surface area contributed by atoms with Gasteiger partial charge in [0.2, 0.25) is 10.0 Å². The molecule has 132 valence electrons. The Hall–Kier alpha value is -1.70. The zero-order chi connectivity index (χ0) is 17.9. The first-order chi connectivity index (χ1) is 12.0. The third kappa shape index (κ3) is 4.11. The van der Waals surface area contributed by atoms with Gasteiger partial charge in [-0.1, -0.05) is 24.6 Å². The maximum Gasteiger partial charge on any atom is 0.255 e. The minimum atomic E-state index is -3.56. The Bertz CT molecular complexity index is 877. The second kappa shape index (κ2) is 7.68. The molecule has 1 heterocycles. The number of amides is 1. The summed E-state index contributed by atoms with van der Waals surface area (Å²) >= 11 is 3.38. The quantitative estimate of drug-likeness (QED) is 0.812. The average molecular weight is 423 g/mol. The lowest BCUT2D eigenvalue weighted by Crippen LogP contribution is -2.35. The highest BCUT2D eigenvalue weighted by Gasteiger charge is 2.26. The number of sulfonamides is 1. The first-order valence-corrected chi connectivity index (χ1v) is 10.4. The van der Waals surface area contributed by atoms with E-state index in [9.17, 15) is 13.2 Å². The summed E-state index contributed by atoms with van der Waals surface area (Å²) in [4.78, 5) is 12.6. The van der Waals surface area contributed by atoms with Gasteiger partial charge in [-0.3, -0.25) is 4.79 Å². The summed E-state index contributed by atoms with van der Waals surface area (Å²) in [5, 5.41) is 2.79. The Labute approximate surface area is 156 Å². The Morgan fingerprint density at radius 2 is 1.72 bits per heavy atom. The van der Waals surface area contributed by atoms with E-state index in [-0.39, 0.29) is 10.8 Å². The van der Waals surface area contributed by atoms with Crippen molar-refractivity contribution in [3.63, 3.8) is 0 Å². The molecule has 1 fully saturated rings. The predicted octanol–water partition coefficient (Wildman–Crippen LogP) is 3.88. The molecule has 5 nitrogen and oxygen atoms in total. The van der Waals surface area contributed by atoms with Gasteiger partial charge in [-0.2, -0.15) is 4.31 Å². The number of halogens is 1. The van der Waals surface area contributed by atoms with Crippen LogP contribution in [0, 0.1) is 0 Å². The number of nitrogens with one attached hydrogen (secondary N) is 1. The maximum absolute atomic E-state index is 12.8. The van der Waals surface area contributed by atoms with E-state index in [0.29, 0.717) is 24.3 Å². The Morgan fingerprint density at radius 3 is 2.44 bits per heavy atom. The van der Waals surface area contributed by atoms with Crippen LogP contribution in [0.15, 0.2) is 57.9 Å². The van der Waals surface area contributed by atoms with Crippen LogP contribution in [0.3, 0.4) is 0 Å². The second-order valence-electron chi connectivity index (χ2n) is 5.93. The Morgan fingerprint density at radius 1 is 1.00 bits per heavy atom. The van der Waals surface area contributed by atoms with Crippen LogP contribution in [0.25, 0.3) is 0 Å². The molecule has 2 aromatic rings. The van der Waals surface area contributed by atoms with E-state index in [1.54, 1.807) is 24.3 Å². The summed E-state index contributed by atoms with van der Waals surface area (Å²) in [6.07, 6.45) is 2.81. The predicted molar refractivity (Wildman–Crippen MR) is 101 cm³/mol. The molecule has 1 aliphatic heterocycles. The minimum Gasteiger partial charge on any atom is -0.321 e. The molecule has 0 bridgehead atoms. The van der Waals surface area contributed by atoms with E-state index >= 15 is 0 Å². The van der Waals surface area contributed by atoms with Crippen LogP contribution in [0.1, 0.15) is 29.6 Å². The monoisotopic (exact) mass is 422 g/mol. The fourth-order valence-electron chi connectivity index (χ4n) is 2.81. The lowest BCUT2D eigenvalue weighted by atomic mass is 10.2. The average Bonchev–Trinajstić information content (AvgIpc) is 2.64. The molecule has 0 unspecified atom stereocenters. The molecule has 0 spiro atoms. The van der Waals surface area contributed by atoms with Crippen molar-refractivity contribution in [1.82, 2.24) is 4.31 Å². The van der Waals surface area contributed by atoms with E-state index in [1.165, 1.54) is 10.4 Å². The van der Waals surface area contributed by atoms with Gasteiger partial charge in [0.05, 0.1) is 10.6 Å². The highest BCUT2D eigenvalue weighted by atomic mass is 79.9. The SMILES string of the molecule is O=C(Nc1ccccc1Br)c1cccc(S(=O)(=O)N2CCCCC2)c1. The topological polar surface area (TPSA) is 66.5 Å². The number of hydrogen-bond donors (Lipinski definition) is 1. The van der Waals surface area contributed by atoms with Gasteiger partial charge < -0.3 is 5.32 Å². The highest BCUT2D eigenvalue weighted by Crippen LogP contribution is 2.24. The van der Waals surface area contributed by atoms with Crippen LogP contribution in [0.4, 0.5) is 5.69 Å². The summed E-state index contributed by atoms with van der Waals surface area (Å²) in [6, 6.07) is 13.5. The van der Waals surface area contributed by atoms with Crippen LogP contribution >= 0.6 is 15.9 Å². The van der Waals surface area contributed by atoms with Crippen LogP contribution in [-0.4, -0.2) is 31.7 Å². The summed E-state index contributed by atoms with van der Waals surface area (Å²) in [6.45, 7) is 1.07. The van der Waals surface area contributed by atoms with E-state index in [1.807, 2.05) is 18.2 Å². The fraction of sp³-hybridized carbons (Fsp3) is 0.278. The number of para-hydroxylation sites is 1. The van der Waals surface area contributed by atoms with Crippen molar-refractivity contribution in [1.29, 1.82) is 0 Å². The molecule has 3 rings (SSSR count). The first-order valence-electron chi connectivity index (χ1n) is 8.14. The van der Waals surface area contributed by atoms with Gasteiger partial charge >= 0.3 is 0 Å². The molecule has 1 N–H and O–H groups in total. The first kappa shape index (κ1) is 18.1. The van der Waals surface area contributed by atoms with Crippen molar-refractivity contribution in [2.75, 3.05) is 18.4 Å². The second-order valence-corrected chi connectivity index (χ2v) is 8.72. The fourth-order valence-corrected chi connectivity index (χ4v) is 4.76. The summed E-state index contributed by atoms with van der Waals surface area (Å²) in [5.41, 5.74) is 0.950. The normalized spacial score (nSPS) is 15.7. The van der Waals surface area contributed by atoms with Gasteiger partial charge in [0.15, 0.2) is 0 Å². The van der Waals surface area contributed by atoms with Crippen molar-refractivity contribution >= 4 is 37.5 Å². The van der Waals surface area contributed by atoms with Gasteiger partial charge in [-0.25, -0.2) is 8.42 Å². The number of carbonyl (C=O) groups excluding carboxylic acids is 1. The van der Waals surface area contributed by atoms with Crippen molar-refractivity contribution in [3.8, 4) is 0 Å². The highest BCUT2D eigenvalue weighted by molar-refractivity contribution is 9.10. The van der Waals surface area contributed by atoms with Crippen LogP contribution in [-0.2, 0) is 10.0 Å². The van der Waals surface area contributed by atoms with Gasteiger partial charge in [-0.05, 0) is 59.1 Å². The van der Waals surface area contributed by atoms with Crippen LogP contribution in [0.5, 0.6) is 0 Å². The van der Waals surface area contributed by atoms with Gasteiger partial charge in [0.1, 0.15) is 0 Å². The number of hydrogen-bond acceptors (Lipinski definition) is 3. The maximum atomic E-state index is 12.8. The molecule has 7 heteroatoms. The molecular formula is C18H19BrN2O3S. The van der Waals surface area contributed by atoms with Gasteiger partial charge in [0, 0.05) is 23.1 Å². The standard InChI is InChI=1S/C18H19BrN2O3S/c19-16-9-2-3-10-17(16)20-18(22)14-7-6-8-15(13-14)25(23,24)21-11-4-1-5-12-21/h2-3,6-10,13H,1,4-5,11-12H2,(H,20,22). The van der Waals surface area contributed by atoms with E-state index in [0.717, 1.165) is 23.7 Å². The Kier molecular flexibility index (Phi) is 5.56. The largest absolute Gasteiger partial charge is 0.321 e. The molecular weight excluding hydrogens is 404 g/mol. The number of carbonyl (C=O) groups is 1. The molecule has 0 atom stereocenters. The molecule has 0 aliphatic carbocycles. The Balaban J connectivity index is 1.83. The van der Waals surface area contributed by atoms with Crippen LogP contribution in [0.2, 0.25) is 0 Å². The molecule has 25 heavy (non-hydrogen) atoms.